The van der Waals surface area contributed by atoms with Gasteiger partial charge in [-0.05, 0) is 43.6 Å². The van der Waals surface area contributed by atoms with Crippen LogP contribution in [-0.4, -0.2) is 41.7 Å². The molecule has 0 saturated heterocycles. The first-order valence-corrected chi connectivity index (χ1v) is 8.34. The molecule has 3 N–H and O–H groups in total. The summed E-state index contributed by atoms with van der Waals surface area (Å²) in [6, 6.07) is 0. The Morgan fingerprint density at radius 2 is 1.86 bits per heavy atom. The Bertz CT molecular complexity index is 330. The molecule has 4 heteroatoms. The van der Waals surface area contributed by atoms with Crippen LogP contribution in [0.5, 0.6) is 0 Å². The quantitative estimate of drug-likeness (QED) is 0.759. The summed E-state index contributed by atoms with van der Waals surface area (Å²) < 4.78 is 0. The van der Waals surface area contributed by atoms with Crippen LogP contribution in [0.4, 0.5) is 0 Å². The molecule has 1 aliphatic rings. The van der Waals surface area contributed by atoms with Gasteiger partial charge >= 0.3 is 0 Å². The van der Waals surface area contributed by atoms with Crippen LogP contribution in [0, 0.1) is 11.3 Å². The highest BCUT2D eigenvalue weighted by molar-refractivity contribution is 5.75. The second kappa shape index (κ2) is 7.59. The molecule has 0 aromatic rings. The number of nitrogens with two attached hydrogens (primary N) is 1. The van der Waals surface area contributed by atoms with Crippen LogP contribution in [0.2, 0.25) is 0 Å². The van der Waals surface area contributed by atoms with Crippen molar-refractivity contribution in [1.82, 2.24) is 4.90 Å². The van der Waals surface area contributed by atoms with E-state index >= 15 is 0 Å². The number of carbonyl (C=O) groups excluding carboxylic acids is 1. The third-order valence-electron chi connectivity index (χ3n) is 4.94. The first-order valence-electron chi connectivity index (χ1n) is 8.34. The van der Waals surface area contributed by atoms with E-state index in [4.69, 9.17) is 5.73 Å². The van der Waals surface area contributed by atoms with E-state index in [2.05, 4.69) is 20.8 Å². The third-order valence-corrected chi connectivity index (χ3v) is 4.94. The average Bonchev–Trinajstić information content (AvgIpc) is 2.79. The fourth-order valence-electron chi connectivity index (χ4n) is 3.42. The summed E-state index contributed by atoms with van der Waals surface area (Å²) in [5.41, 5.74) is 5.22. The van der Waals surface area contributed by atoms with E-state index in [1.807, 2.05) is 7.05 Å². The zero-order chi connectivity index (χ0) is 16.1. The standard InChI is InChI=1S/C17H34N2O2/c1-16(2,3)14(9-12-18)7-8-15(20)19(4)13-17(21)10-5-6-11-17/h14,21H,5-13,18H2,1-4H3. The van der Waals surface area contributed by atoms with Gasteiger partial charge in [0.2, 0.25) is 5.91 Å². The molecule has 1 saturated carbocycles. The molecule has 0 aliphatic heterocycles. The van der Waals surface area contributed by atoms with Gasteiger partial charge in [0.05, 0.1) is 5.60 Å². The number of likely N-dealkylation sites (N-methyl/N-ethyl adjacent to an activating group) is 1. The molecule has 0 radical (unpaired) electrons. The van der Waals surface area contributed by atoms with Crippen molar-refractivity contribution >= 4 is 5.91 Å². The Morgan fingerprint density at radius 1 is 1.29 bits per heavy atom. The van der Waals surface area contributed by atoms with Crippen LogP contribution < -0.4 is 5.73 Å². The molecule has 4 nitrogen and oxygen atoms in total. The number of nitrogens with zero attached hydrogens (tertiary/aromatic N) is 1. The summed E-state index contributed by atoms with van der Waals surface area (Å²) >= 11 is 0. The van der Waals surface area contributed by atoms with Gasteiger partial charge in [-0.3, -0.25) is 4.79 Å². The number of aliphatic hydroxyl groups is 1. The molecule has 1 rings (SSSR count). The minimum absolute atomic E-state index is 0.140. The Kier molecular flexibility index (Phi) is 6.67. The molecule has 1 amide bonds. The molecule has 1 fully saturated rings. The molecule has 1 atom stereocenters. The third kappa shape index (κ3) is 5.95. The topological polar surface area (TPSA) is 66.6 Å². The van der Waals surface area contributed by atoms with Crippen molar-refractivity contribution < 1.29 is 9.90 Å². The number of hydrogen-bond acceptors (Lipinski definition) is 3. The van der Waals surface area contributed by atoms with Crippen molar-refractivity contribution in [1.29, 1.82) is 0 Å². The Hall–Kier alpha value is -0.610. The summed E-state index contributed by atoms with van der Waals surface area (Å²) in [6.07, 6.45) is 6.17. The van der Waals surface area contributed by atoms with Gasteiger partial charge in [0.25, 0.3) is 0 Å². The molecule has 21 heavy (non-hydrogen) atoms. The summed E-state index contributed by atoms with van der Waals surface area (Å²) in [6.45, 7) is 7.78. The minimum atomic E-state index is -0.648. The zero-order valence-corrected chi connectivity index (χ0v) is 14.3. The SMILES string of the molecule is CN(CC1(O)CCCC1)C(=O)CCC(CCN)C(C)(C)C. The summed E-state index contributed by atoms with van der Waals surface area (Å²) in [5, 5.41) is 10.4. The lowest BCUT2D eigenvalue weighted by Gasteiger charge is -2.32. The first kappa shape index (κ1) is 18.4. The maximum Gasteiger partial charge on any atom is 0.222 e. The predicted molar refractivity (Wildman–Crippen MR) is 86.9 cm³/mol. The van der Waals surface area contributed by atoms with Crippen LogP contribution in [0.15, 0.2) is 0 Å². The van der Waals surface area contributed by atoms with Gasteiger partial charge in [-0.1, -0.05) is 33.6 Å². The maximum absolute atomic E-state index is 12.3. The van der Waals surface area contributed by atoms with Gasteiger partial charge in [-0.25, -0.2) is 0 Å². The van der Waals surface area contributed by atoms with Crippen LogP contribution in [0.25, 0.3) is 0 Å². The Morgan fingerprint density at radius 3 is 2.33 bits per heavy atom. The second-order valence-electron chi connectivity index (χ2n) is 7.86. The van der Waals surface area contributed by atoms with Crippen LogP contribution in [0.1, 0.15) is 65.7 Å². The van der Waals surface area contributed by atoms with Gasteiger partial charge in [-0.15, -0.1) is 0 Å². The fraction of sp³-hybridized carbons (Fsp3) is 0.941. The summed E-state index contributed by atoms with van der Waals surface area (Å²) in [7, 11) is 1.81. The molecule has 0 spiro atoms. The highest BCUT2D eigenvalue weighted by Crippen LogP contribution is 2.33. The lowest BCUT2D eigenvalue weighted by Crippen LogP contribution is -2.42. The largest absolute Gasteiger partial charge is 0.388 e. The monoisotopic (exact) mass is 298 g/mol. The fourth-order valence-corrected chi connectivity index (χ4v) is 3.42. The Balaban J connectivity index is 2.44. The van der Waals surface area contributed by atoms with Gasteiger partial charge in [0.15, 0.2) is 0 Å². The van der Waals surface area contributed by atoms with Gasteiger partial charge in [0.1, 0.15) is 0 Å². The van der Waals surface area contributed by atoms with Gasteiger partial charge in [-0.2, -0.15) is 0 Å². The molecule has 0 aromatic carbocycles. The van der Waals surface area contributed by atoms with Crippen molar-refractivity contribution in [3.8, 4) is 0 Å². The smallest absolute Gasteiger partial charge is 0.222 e. The van der Waals surface area contributed by atoms with Gasteiger partial charge < -0.3 is 15.7 Å². The van der Waals surface area contributed by atoms with E-state index in [0.29, 0.717) is 25.4 Å². The highest BCUT2D eigenvalue weighted by Gasteiger charge is 2.33. The predicted octanol–water partition coefficient (Wildman–Crippen LogP) is 2.54. The number of hydrogen-bond donors (Lipinski definition) is 2. The Labute approximate surface area is 130 Å². The van der Waals surface area contributed by atoms with E-state index in [1.54, 1.807) is 4.90 Å². The van der Waals surface area contributed by atoms with Crippen LogP contribution in [0.3, 0.4) is 0 Å². The number of amides is 1. The molecule has 124 valence electrons. The van der Waals surface area contributed by atoms with Crippen molar-refractivity contribution in [2.24, 2.45) is 17.1 Å². The second-order valence-corrected chi connectivity index (χ2v) is 7.86. The zero-order valence-electron chi connectivity index (χ0n) is 14.3. The van der Waals surface area contributed by atoms with Crippen molar-refractivity contribution in [2.75, 3.05) is 20.1 Å². The van der Waals surface area contributed by atoms with Crippen molar-refractivity contribution in [2.45, 2.75) is 71.3 Å². The molecule has 0 bridgehead atoms. The molecule has 0 aromatic heterocycles. The van der Waals surface area contributed by atoms with Gasteiger partial charge in [0, 0.05) is 20.0 Å². The van der Waals surface area contributed by atoms with E-state index in [9.17, 15) is 9.90 Å². The summed E-state index contributed by atoms with van der Waals surface area (Å²) in [4.78, 5) is 14.0. The number of rotatable bonds is 7. The maximum atomic E-state index is 12.3. The lowest BCUT2D eigenvalue weighted by molar-refractivity contribution is -0.133. The van der Waals surface area contributed by atoms with Crippen LogP contribution in [-0.2, 0) is 4.79 Å². The van der Waals surface area contributed by atoms with E-state index < -0.39 is 5.60 Å². The molecule has 0 heterocycles. The minimum Gasteiger partial charge on any atom is -0.388 e. The number of carbonyl (C=O) groups is 1. The lowest BCUT2D eigenvalue weighted by atomic mass is 9.76. The normalized spacial score (nSPS) is 19.5. The molecule has 1 aliphatic carbocycles. The van der Waals surface area contributed by atoms with E-state index in [0.717, 1.165) is 38.5 Å². The average molecular weight is 298 g/mol. The van der Waals surface area contributed by atoms with E-state index in [-0.39, 0.29) is 11.3 Å². The first-order chi connectivity index (χ1) is 9.68. The molecule has 1 unspecified atom stereocenters. The van der Waals surface area contributed by atoms with Crippen LogP contribution >= 0.6 is 0 Å². The highest BCUT2D eigenvalue weighted by atomic mass is 16.3. The summed E-state index contributed by atoms with van der Waals surface area (Å²) in [5.74, 6) is 0.607. The molecular formula is C17H34N2O2. The van der Waals surface area contributed by atoms with Crippen molar-refractivity contribution in [3.63, 3.8) is 0 Å². The van der Waals surface area contributed by atoms with E-state index in [1.165, 1.54) is 0 Å². The van der Waals surface area contributed by atoms with Crippen molar-refractivity contribution in [3.05, 3.63) is 0 Å². The molecular weight excluding hydrogens is 264 g/mol.